The molecule has 0 aliphatic carbocycles. The summed E-state index contributed by atoms with van der Waals surface area (Å²) in [5.41, 5.74) is 1.75. The second-order valence-electron chi connectivity index (χ2n) is 5.44. The van der Waals surface area contributed by atoms with Gasteiger partial charge in [-0.05, 0) is 36.8 Å². The van der Waals surface area contributed by atoms with E-state index in [1.54, 1.807) is 0 Å². The van der Waals surface area contributed by atoms with Crippen LogP contribution in [0.2, 0.25) is 0 Å². The zero-order valence-electron chi connectivity index (χ0n) is 11.0. The summed E-state index contributed by atoms with van der Waals surface area (Å²) in [6, 6.07) is 8.91. The number of benzene rings is 1. The number of hydrogen-bond acceptors (Lipinski definition) is 2. The Morgan fingerprint density at radius 1 is 1.11 bits per heavy atom. The maximum atomic E-state index is 12.8. The van der Waals surface area contributed by atoms with E-state index in [4.69, 9.17) is 4.74 Å². The van der Waals surface area contributed by atoms with Crippen LogP contribution < -0.4 is 5.32 Å². The molecule has 2 unspecified atom stereocenters. The first-order valence-corrected chi connectivity index (χ1v) is 6.85. The Hall–Kier alpha value is -0.640. The van der Waals surface area contributed by atoms with Gasteiger partial charge in [-0.3, -0.25) is 0 Å². The van der Waals surface area contributed by atoms with Gasteiger partial charge in [-0.25, -0.2) is 4.39 Å². The molecule has 1 aromatic carbocycles. The lowest BCUT2D eigenvalue weighted by atomic mass is 10.0. The third-order valence-electron chi connectivity index (χ3n) is 4.17. The summed E-state index contributed by atoms with van der Waals surface area (Å²) in [7, 11) is 0. The van der Waals surface area contributed by atoms with Crippen LogP contribution in [0.3, 0.4) is 0 Å². The van der Waals surface area contributed by atoms with Crippen molar-refractivity contribution in [2.75, 3.05) is 0 Å². The van der Waals surface area contributed by atoms with Crippen LogP contribution in [0.15, 0.2) is 24.3 Å². The largest absolute Gasteiger partial charge is 0.373 e. The zero-order chi connectivity index (χ0) is 12.4. The molecular weight excluding hydrogens is 265 g/mol. The van der Waals surface area contributed by atoms with Crippen LogP contribution in [0.1, 0.15) is 36.8 Å². The fourth-order valence-corrected chi connectivity index (χ4v) is 3.18. The first-order valence-electron chi connectivity index (χ1n) is 6.85. The molecule has 4 heteroatoms. The number of rotatable bonds is 4. The van der Waals surface area contributed by atoms with E-state index in [0.29, 0.717) is 24.8 Å². The van der Waals surface area contributed by atoms with Crippen LogP contribution in [0.5, 0.6) is 0 Å². The highest BCUT2D eigenvalue weighted by Gasteiger charge is 2.33. The second kappa shape index (κ2) is 6.69. The van der Waals surface area contributed by atoms with Crippen molar-refractivity contribution in [1.82, 2.24) is 5.32 Å². The zero-order valence-corrected chi connectivity index (χ0v) is 11.8. The van der Waals surface area contributed by atoms with Crippen molar-refractivity contribution in [2.24, 2.45) is 0 Å². The Morgan fingerprint density at radius 2 is 1.74 bits per heavy atom. The van der Waals surface area contributed by atoms with Gasteiger partial charge in [-0.1, -0.05) is 24.3 Å². The molecule has 1 aromatic rings. The van der Waals surface area contributed by atoms with Gasteiger partial charge in [0.2, 0.25) is 0 Å². The van der Waals surface area contributed by atoms with Crippen molar-refractivity contribution in [1.29, 1.82) is 0 Å². The maximum absolute atomic E-state index is 12.8. The van der Waals surface area contributed by atoms with Gasteiger partial charge in [0, 0.05) is 12.1 Å². The number of piperidine rings is 1. The van der Waals surface area contributed by atoms with E-state index in [0.717, 1.165) is 24.0 Å². The van der Waals surface area contributed by atoms with Crippen LogP contribution in [0.4, 0.5) is 4.39 Å². The molecule has 1 N–H and O–H groups in total. The van der Waals surface area contributed by atoms with E-state index < -0.39 is 6.67 Å². The topological polar surface area (TPSA) is 21.3 Å². The van der Waals surface area contributed by atoms with Gasteiger partial charge in [0.25, 0.3) is 0 Å². The van der Waals surface area contributed by atoms with E-state index in [-0.39, 0.29) is 12.4 Å². The van der Waals surface area contributed by atoms with Crippen LogP contribution in [0.25, 0.3) is 0 Å². The summed E-state index contributed by atoms with van der Waals surface area (Å²) in [4.78, 5) is 0. The minimum atomic E-state index is -0.406. The monoisotopic (exact) mass is 285 g/mol. The van der Waals surface area contributed by atoms with Crippen molar-refractivity contribution in [2.45, 2.75) is 57.2 Å². The highest BCUT2D eigenvalue weighted by Crippen LogP contribution is 2.29. The maximum Gasteiger partial charge on any atom is 0.115 e. The average Bonchev–Trinajstić information content (AvgIpc) is 2.76. The van der Waals surface area contributed by atoms with E-state index in [2.05, 4.69) is 5.32 Å². The number of halogens is 2. The third-order valence-corrected chi connectivity index (χ3v) is 4.17. The van der Waals surface area contributed by atoms with E-state index in [1.165, 1.54) is 12.8 Å². The molecule has 0 aromatic heterocycles. The molecule has 2 aliphatic heterocycles. The van der Waals surface area contributed by atoms with E-state index in [9.17, 15) is 4.39 Å². The molecule has 2 fully saturated rings. The Labute approximate surface area is 120 Å². The molecule has 0 amide bonds. The van der Waals surface area contributed by atoms with E-state index in [1.807, 2.05) is 24.3 Å². The lowest BCUT2D eigenvalue weighted by Gasteiger charge is -2.29. The number of fused-ring (bicyclic) bond motifs is 2. The summed E-state index contributed by atoms with van der Waals surface area (Å²) in [5.74, 6) is 0. The predicted molar refractivity (Wildman–Crippen MR) is 76.3 cm³/mol. The fraction of sp³-hybridized carbons (Fsp3) is 0.600. The molecule has 3 rings (SSSR count). The summed E-state index contributed by atoms with van der Waals surface area (Å²) in [6.45, 7) is 0.140. The van der Waals surface area contributed by atoms with Gasteiger partial charge in [0.15, 0.2) is 0 Å². The number of ether oxygens (including phenoxy) is 1. The Morgan fingerprint density at radius 3 is 2.37 bits per heavy atom. The minimum absolute atomic E-state index is 0. The Kier molecular flexibility index (Phi) is 5.20. The molecule has 19 heavy (non-hydrogen) atoms. The van der Waals surface area contributed by atoms with Gasteiger partial charge in [0.1, 0.15) is 6.67 Å². The molecule has 2 bridgehead atoms. The molecule has 2 nitrogen and oxygen atoms in total. The molecule has 2 aliphatic rings. The molecule has 2 heterocycles. The normalized spacial score (nSPS) is 29.0. The smallest absolute Gasteiger partial charge is 0.115 e. The molecule has 2 atom stereocenters. The standard InChI is InChI=1S/C15H20FNO.ClH/c16-9-11-3-1-2-4-12(11)10-18-15-7-13-5-6-14(8-15)17-13;/h1-4,13-15,17H,5-10H2;1H. The first-order chi connectivity index (χ1) is 8.85. The molecule has 2 saturated heterocycles. The minimum Gasteiger partial charge on any atom is -0.373 e. The molecule has 0 spiro atoms. The van der Waals surface area contributed by atoms with Crippen molar-refractivity contribution in [3.8, 4) is 0 Å². The van der Waals surface area contributed by atoms with Crippen LogP contribution >= 0.6 is 12.4 Å². The predicted octanol–water partition coefficient (Wildman–Crippen LogP) is 3.38. The highest BCUT2D eigenvalue weighted by molar-refractivity contribution is 5.85. The number of nitrogens with one attached hydrogen (secondary N) is 1. The molecule has 0 radical (unpaired) electrons. The number of alkyl halides is 1. The lowest BCUT2D eigenvalue weighted by molar-refractivity contribution is 0.00872. The first kappa shape index (κ1) is 14.8. The number of hydrogen-bond donors (Lipinski definition) is 1. The quantitative estimate of drug-likeness (QED) is 0.916. The van der Waals surface area contributed by atoms with Crippen LogP contribution in [0, 0.1) is 0 Å². The highest BCUT2D eigenvalue weighted by atomic mass is 35.5. The molecular formula is C15H21ClFNO. The third kappa shape index (κ3) is 3.47. The summed E-state index contributed by atoms with van der Waals surface area (Å²) >= 11 is 0. The summed E-state index contributed by atoms with van der Waals surface area (Å²) in [5, 5.41) is 3.60. The fourth-order valence-electron chi connectivity index (χ4n) is 3.18. The van der Waals surface area contributed by atoms with Crippen molar-refractivity contribution in [3.05, 3.63) is 35.4 Å². The summed E-state index contributed by atoms with van der Waals surface area (Å²) in [6.07, 6.45) is 5.12. The van der Waals surface area contributed by atoms with Crippen molar-refractivity contribution in [3.63, 3.8) is 0 Å². The van der Waals surface area contributed by atoms with Crippen molar-refractivity contribution >= 4 is 12.4 Å². The van der Waals surface area contributed by atoms with Crippen LogP contribution in [-0.4, -0.2) is 18.2 Å². The average molecular weight is 286 g/mol. The molecule has 0 saturated carbocycles. The lowest BCUT2D eigenvalue weighted by Crippen LogP contribution is -2.41. The van der Waals surface area contributed by atoms with Gasteiger partial charge in [-0.15, -0.1) is 12.4 Å². The molecule has 106 valence electrons. The van der Waals surface area contributed by atoms with Gasteiger partial charge in [0.05, 0.1) is 12.7 Å². The van der Waals surface area contributed by atoms with Gasteiger partial charge in [-0.2, -0.15) is 0 Å². The van der Waals surface area contributed by atoms with Crippen LogP contribution in [-0.2, 0) is 18.0 Å². The Balaban J connectivity index is 0.00000133. The van der Waals surface area contributed by atoms with E-state index >= 15 is 0 Å². The van der Waals surface area contributed by atoms with Gasteiger partial charge >= 0.3 is 0 Å². The second-order valence-corrected chi connectivity index (χ2v) is 5.44. The van der Waals surface area contributed by atoms with Crippen molar-refractivity contribution < 1.29 is 9.13 Å². The SMILES string of the molecule is Cl.FCc1ccccc1COC1CC2CCC(C1)N2. The Bertz CT molecular complexity index is 403. The summed E-state index contributed by atoms with van der Waals surface area (Å²) < 4.78 is 18.8. The van der Waals surface area contributed by atoms with Gasteiger partial charge < -0.3 is 10.1 Å².